The second-order valence-electron chi connectivity index (χ2n) is 7.11. The lowest BCUT2D eigenvalue weighted by Gasteiger charge is -2.23. The highest BCUT2D eigenvalue weighted by molar-refractivity contribution is 7.17. The predicted octanol–water partition coefficient (Wildman–Crippen LogP) is 2.19. The molecule has 4 rings (SSSR count). The smallest absolute Gasteiger partial charge is 0.307 e. The summed E-state index contributed by atoms with van der Waals surface area (Å²) in [6.07, 6.45) is 8.33. The van der Waals surface area contributed by atoms with Crippen LogP contribution in [-0.4, -0.2) is 22.9 Å². The molecule has 2 amide bonds. The quantitative estimate of drug-likeness (QED) is 0.715. The summed E-state index contributed by atoms with van der Waals surface area (Å²) in [6, 6.07) is 0. The highest BCUT2D eigenvalue weighted by Crippen LogP contribution is 2.49. The maximum absolute atomic E-state index is 12.9. The molecule has 1 aromatic heterocycles. The number of carboxylic acid groups (broad SMARTS) is 1. The fourth-order valence-electron chi connectivity index (χ4n) is 4.63. The fourth-order valence-corrected chi connectivity index (χ4v) is 5.92. The number of allylic oxidation sites excluding steroid dienone is 2. The Morgan fingerprint density at radius 2 is 1.80 bits per heavy atom. The van der Waals surface area contributed by atoms with Crippen molar-refractivity contribution in [3.8, 4) is 0 Å². The predicted molar refractivity (Wildman–Crippen MR) is 93.5 cm³/mol. The number of nitrogens with one attached hydrogen (secondary N) is 1. The van der Waals surface area contributed by atoms with Gasteiger partial charge in [0.15, 0.2) is 0 Å². The highest BCUT2D eigenvalue weighted by Gasteiger charge is 2.51. The summed E-state index contributed by atoms with van der Waals surface area (Å²) in [6.45, 7) is 0. The van der Waals surface area contributed by atoms with Gasteiger partial charge in [0, 0.05) is 4.88 Å². The van der Waals surface area contributed by atoms with Gasteiger partial charge in [-0.15, -0.1) is 11.3 Å². The first-order chi connectivity index (χ1) is 12.0. The molecular weight excluding hydrogens is 340 g/mol. The Bertz CT molecular complexity index is 797. The van der Waals surface area contributed by atoms with Gasteiger partial charge in [0.05, 0.1) is 17.4 Å². The van der Waals surface area contributed by atoms with Crippen molar-refractivity contribution in [2.75, 3.05) is 5.32 Å². The summed E-state index contributed by atoms with van der Waals surface area (Å²) >= 11 is 1.41. The number of fused-ring (bicyclic) bond motifs is 3. The number of rotatable bonds is 4. The second kappa shape index (κ2) is 5.98. The van der Waals surface area contributed by atoms with E-state index in [4.69, 9.17) is 5.73 Å². The number of primary amides is 1. The summed E-state index contributed by atoms with van der Waals surface area (Å²) in [5.74, 6) is -3.18. The molecule has 4 unspecified atom stereocenters. The van der Waals surface area contributed by atoms with Crippen LogP contribution >= 0.6 is 11.3 Å². The van der Waals surface area contributed by atoms with Crippen LogP contribution in [0.3, 0.4) is 0 Å². The lowest BCUT2D eigenvalue weighted by Crippen LogP contribution is -2.36. The number of aliphatic carboxylic acids is 1. The average Bonchev–Trinajstić information content (AvgIpc) is 3.25. The number of thiophene rings is 1. The number of carbonyl (C=O) groups is 3. The minimum absolute atomic E-state index is 0.0438. The van der Waals surface area contributed by atoms with Crippen LogP contribution in [0.25, 0.3) is 0 Å². The molecule has 4 atom stereocenters. The van der Waals surface area contributed by atoms with E-state index >= 15 is 0 Å². The Balaban J connectivity index is 1.63. The molecule has 2 bridgehead atoms. The van der Waals surface area contributed by atoms with E-state index in [-0.39, 0.29) is 17.7 Å². The molecule has 1 aromatic rings. The Kier molecular flexibility index (Phi) is 3.91. The number of aryl methyl sites for hydroxylation is 1. The van der Waals surface area contributed by atoms with Gasteiger partial charge in [-0.25, -0.2) is 0 Å². The summed E-state index contributed by atoms with van der Waals surface area (Å²) < 4.78 is 0. The van der Waals surface area contributed by atoms with E-state index in [2.05, 4.69) is 5.32 Å². The maximum atomic E-state index is 12.9. The van der Waals surface area contributed by atoms with Crippen LogP contribution in [0.1, 0.15) is 40.1 Å². The van der Waals surface area contributed by atoms with Gasteiger partial charge >= 0.3 is 5.97 Å². The van der Waals surface area contributed by atoms with E-state index in [0.717, 1.165) is 36.1 Å². The average molecular weight is 360 g/mol. The van der Waals surface area contributed by atoms with Gasteiger partial charge in [-0.3, -0.25) is 14.4 Å². The molecule has 0 saturated heterocycles. The topological polar surface area (TPSA) is 109 Å². The molecule has 132 valence electrons. The van der Waals surface area contributed by atoms with Gasteiger partial charge in [0.25, 0.3) is 5.91 Å². The number of anilines is 1. The van der Waals surface area contributed by atoms with E-state index in [1.165, 1.54) is 11.3 Å². The van der Waals surface area contributed by atoms with Crippen molar-refractivity contribution >= 4 is 34.1 Å². The molecule has 0 aliphatic heterocycles. The maximum Gasteiger partial charge on any atom is 0.307 e. The van der Waals surface area contributed by atoms with Crippen LogP contribution in [0.15, 0.2) is 12.2 Å². The molecule has 1 heterocycles. The minimum Gasteiger partial charge on any atom is -0.481 e. The largest absolute Gasteiger partial charge is 0.481 e. The first kappa shape index (κ1) is 16.3. The zero-order chi connectivity index (χ0) is 17.7. The Labute approximate surface area is 149 Å². The van der Waals surface area contributed by atoms with Crippen LogP contribution in [0, 0.1) is 23.7 Å². The van der Waals surface area contributed by atoms with Crippen molar-refractivity contribution < 1.29 is 19.5 Å². The molecule has 3 aliphatic carbocycles. The number of hydrogen-bond acceptors (Lipinski definition) is 4. The number of hydrogen-bond donors (Lipinski definition) is 3. The molecule has 0 radical (unpaired) electrons. The molecule has 1 saturated carbocycles. The summed E-state index contributed by atoms with van der Waals surface area (Å²) in [5.41, 5.74) is 6.93. The molecule has 6 nitrogen and oxygen atoms in total. The van der Waals surface area contributed by atoms with E-state index in [0.29, 0.717) is 17.0 Å². The SMILES string of the molecule is NC(=O)c1c(NC(=O)C2C3C=CC(C3)C2C(=O)O)sc2c1CCCC2. The monoisotopic (exact) mass is 360 g/mol. The molecule has 4 N–H and O–H groups in total. The van der Waals surface area contributed by atoms with E-state index in [1.54, 1.807) is 0 Å². The standard InChI is InChI=1S/C18H20N2O4S/c19-15(21)14-10-3-1-2-4-11(10)25-17(14)20-16(22)12-8-5-6-9(7-8)13(12)18(23)24/h5-6,8-9,12-13H,1-4,7H2,(H2,19,21)(H,20,22)(H,23,24). The van der Waals surface area contributed by atoms with Crippen LogP contribution in [-0.2, 0) is 22.4 Å². The van der Waals surface area contributed by atoms with E-state index in [9.17, 15) is 19.5 Å². The number of carboxylic acids is 1. The lowest BCUT2D eigenvalue weighted by atomic mass is 9.82. The molecule has 25 heavy (non-hydrogen) atoms. The minimum atomic E-state index is -0.933. The van der Waals surface area contributed by atoms with Crippen molar-refractivity contribution in [1.82, 2.24) is 0 Å². The number of carbonyl (C=O) groups excluding carboxylic acids is 2. The normalized spacial score (nSPS) is 29.4. The van der Waals surface area contributed by atoms with Crippen molar-refractivity contribution in [2.24, 2.45) is 29.4 Å². The van der Waals surface area contributed by atoms with Gasteiger partial charge in [-0.05, 0) is 49.5 Å². The van der Waals surface area contributed by atoms with Crippen molar-refractivity contribution in [2.45, 2.75) is 32.1 Å². The van der Waals surface area contributed by atoms with Gasteiger partial charge in [0.1, 0.15) is 5.00 Å². The molecule has 0 aromatic carbocycles. The number of nitrogens with two attached hydrogens (primary N) is 1. The Hall–Kier alpha value is -2.15. The van der Waals surface area contributed by atoms with Crippen LogP contribution in [0.5, 0.6) is 0 Å². The van der Waals surface area contributed by atoms with E-state index < -0.39 is 23.7 Å². The van der Waals surface area contributed by atoms with Crippen molar-refractivity contribution in [3.05, 3.63) is 28.2 Å². The van der Waals surface area contributed by atoms with Crippen molar-refractivity contribution in [3.63, 3.8) is 0 Å². The van der Waals surface area contributed by atoms with E-state index in [1.807, 2.05) is 12.2 Å². The molecule has 1 fully saturated rings. The van der Waals surface area contributed by atoms with Crippen LogP contribution in [0.4, 0.5) is 5.00 Å². The van der Waals surface area contributed by atoms with Crippen LogP contribution in [0.2, 0.25) is 0 Å². The second-order valence-corrected chi connectivity index (χ2v) is 8.21. The first-order valence-electron chi connectivity index (χ1n) is 8.63. The third-order valence-corrected chi connectivity index (χ3v) is 6.91. The summed E-state index contributed by atoms with van der Waals surface area (Å²) in [5, 5.41) is 12.8. The third kappa shape index (κ3) is 2.57. The number of amides is 2. The highest BCUT2D eigenvalue weighted by atomic mass is 32.1. The zero-order valence-corrected chi connectivity index (χ0v) is 14.5. The molecule has 3 aliphatic rings. The zero-order valence-electron chi connectivity index (χ0n) is 13.7. The fraction of sp³-hybridized carbons (Fsp3) is 0.500. The Morgan fingerprint density at radius 1 is 1.12 bits per heavy atom. The summed E-state index contributed by atoms with van der Waals surface area (Å²) in [4.78, 5) is 37.5. The third-order valence-electron chi connectivity index (χ3n) is 5.70. The Morgan fingerprint density at radius 3 is 2.48 bits per heavy atom. The summed E-state index contributed by atoms with van der Waals surface area (Å²) in [7, 11) is 0. The molecule has 0 spiro atoms. The van der Waals surface area contributed by atoms with Gasteiger partial charge in [-0.1, -0.05) is 12.2 Å². The van der Waals surface area contributed by atoms with Crippen LogP contribution < -0.4 is 11.1 Å². The molecular formula is C18H20N2O4S. The molecule has 7 heteroatoms. The van der Waals surface area contributed by atoms with Crippen molar-refractivity contribution in [1.29, 1.82) is 0 Å². The first-order valence-corrected chi connectivity index (χ1v) is 9.45. The lowest BCUT2D eigenvalue weighted by molar-refractivity contribution is -0.146. The van der Waals surface area contributed by atoms with Gasteiger partial charge in [0.2, 0.25) is 5.91 Å². The van der Waals surface area contributed by atoms with Gasteiger partial charge < -0.3 is 16.2 Å². The van der Waals surface area contributed by atoms with Gasteiger partial charge in [-0.2, -0.15) is 0 Å².